The van der Waals surface area contributed by atoms with Crippen molar-refractivity contribution < 1.29 is 0 Å². The van der Waals surface area contributed by atoms with Crippen molar-refractivity contribution in [2.45, 2.75) is 43.7 Å². The van der Waals surface area contributed by atoms with Crippen LogP contribution in [0, 0.1) is 13.8 Å². The summed E-state index contributed by atoms with van der Waals surface area (Å²) in [6.45, 7) is 9.43. The van der Waals surface area contributed by atoms with Gasteiger partial charge in [-0.25, -0.2) is 4.98 Å². The smallest absolute Gasteiger partial charge is 0.101 e. The predicted octanol–water partition coefficient (Wildman–Crippen LogP) is 5.28. The minimum atomic E-state index is 0.365. The summed E-state index contributed by atoms with van der Waals surface area (Å²) in [6, 6.07) is 11.1. The Kier molecular flexibility index (Phi) is 5.85. The normalized spacial score (nSPS) is 12.4. The summed E-state index contributed by atoms with van der Waals surface area (Å²) in [7, 11) is 0. The number of pyridine rings is 1. The van der Waals surface area contributed by atoms with Crippen LogP contribution in [-0.4, -0.2) is 11.5 Å². The van der Waals surface area contributed by atoms with E-state index in [1.807, 2.05) is 6.92 Å². The summed E-state index contributed by atoms with van der Waals surface area (Å²) >= 11 is 5.38. The molecule has 0 fully saturated rings. The van der Waals surface area contributed by atoms with E-state index in [2.05, 4.69) is 77.3 Å². The Hall–Kier alpha value is -0.840. The topological polar surface area (TPSA) is 24.9 Å². The van der Waals surface area contributed by atoms with Crippen LogP contribution in [-0.2, 0) is 0 Å². The van der Waals surface area contributed by atoms with Gasteiger partial charge in [0.1, 0.15) is 5.03 Å². The molecule has 0 bridgehead atoms. The number of nitrogens with zero attached hydrogens (tertiary/aromatic N) is 1. The zero-order chi connectivity index (χ0) is 15.4. The highest BCUT2D eigenvalue weighted by Crippen LogP contribution is 2.34. The summed E-state index contributed by atoms with van der Waals surface area (Å²) in [4.78, 5) is 5.78. The highest BCUT2D eigenvalue weighted by Gasteiger charge is 2.09. The van der Waals surface area contributed by atoms with E-state index in [1.165, 1.54) is 16.0 Å². The highest BCUT2D eigenvalue weighted by molar-refractivity contribution is 9.10. The molecule has 0 aliphatic heterocycles. The van der Waals surface area contributed by atoms with Crippen molar-refractivity contribution in [3.63, 3.8) is 0 Å². The Morgan fingerprint density at radius 2 is 2.00 bits per heavy atom. The average molecular weight is 365 g/mol. The van der Waals surface area contributed by atoms with Gasteiger partial charge in [-0.1, -0.05) is 24.8 Å². The third-order valence-corrected chi connectivity index (χ3v) is 5.17. The van der Waals surface area contributed by atoms with Crippen LogP contribution in [0.2, 0.25) is 0 Å². The first-order valence-corrected chi connectivity index (χ1v) is 8.76. The molecular weight excluding hydrogens is 344 g/mol. The van der Waals surface area contributed by atoms with Crippen molar-refractivity contribution in [1.29, 1.82) is 0 Å². The molecule has 2 aromatic rings. The van der Waals surface area contributed by atoms with Gasteiger partial charge in [0.25, 0.3) is 0 Å². The van der Waals surface area contributed by atoms with Gasteiger partial charge in [-0.3, -0.25) is 0 Å². The summed E-state index contributed by atoms with van der Waals surface area (Å²) in [5.41, 5.74) is 3.60. The van der Waals surface area contributed by atoms with Crippen LogP contribution in [0.1, 0.15) is 36.7 Å². The number of aromatic nitrogens is 1. The summed E-state index contributed by atoms with van der Waals surface area (Å²) in [6.07, 6.45) is 0. The molecule has 1 aromatic carbocycles. The lowest BCUT2D eigenvalue weighted by Gasteiger charge is -2.14. The lowest BCUT2D eigenvalue weighted by atomic mass is 10.1. The molecule has 1 atom stereocenters. The van der Waals surface area contributed by atoms with Crippen LogP contribution in [0.15, 0.2) is 44.7 Å². The van der Waals surface area contributed by atoms with Gasteiger partial charge in [-0.2, -0.15) is 0 Å². The summed E-state index contributed by atoms with van der Waals surface area (Å²) in [5, 5.41) is 4.48. The Balaban J connectivity index is 2.21. The maximum absolute atomic E-state index is 4.59. The van der Waals surface area contributed by atoms with Gasteiger partial charge in [-0.15, -0.1) is 0 Å². The van der Waals surface area contributed by atoms with Crippen LogP contribution >= 0.6 is 27.7 Å². The molecule has 0 aliphatic rings. The molecule has 4 heteroatoms. The van der Waals surface area contributed by atoms with Gasteiger partial charge in [-0.05, 0) is 78.6 Å². The largest absolute Gasteiger partial charge is 0.310 e. The molecule has 1 aromatic heterocycles. The molecular formula is C17H21BrN2S. The first kappa shape index (κ1) is 16.5. The van der Waals surface area contributed by atoms with E-state index in [4.69, 9.17) is 0 Å². The first-order chi connectivity index (χ1) is 9.99. The molecule has 112 valence electrons. The monoisotopic (exact) mass is 364 g/mol. The molecule has 2 rings (SSSR count). The van der Waals surface area contributed by atoms with Crippen LogP contribution < -0.4 is 5.32 Å². The van der Waals surface area contributed by atoms with E-state index in [0.717, 1.165) is 21.7 Å². The molecule has 0 radical (unpaired) electrons. The lowest BCUT2D eigenvalue weighted by Crippen LogP contribution is -2.17. The Bertz CT molecular complexity index is 608. The van der Waals surface area contributed by atoms with E-state index >= 15 is 0 Å². The second-order valence-electron chi connectivity index (χ2n) is 5.20. The van der Waals surface area contributed by atoms with Crippen LogP contribution in [0.5, 0.6) is 0 Å². The van der Waals surface area contributed by atoms with E-state index in [9.17, 15) is 0 Å². The first-order valence-electron chi connectivity index (χ1n) is 7.15. The van der Waals surface area contributed by atoms with Gasteiger partial charge in [0, 0.05) is 21.1 Å². The fourth-order valence-electron chi connectivity index (χ4n) is 2.26. The van der Waals surface area contributed by atoms with Crippen molar-refractivity contribution in [2.75, 3.05) is 6.54 Å². The Labute approximate surface area is 139 Å². The second-order valence-corrected chi connectivity index (χ2v) is 7.11. The van der Waals surface area contributed by atoms with Gasteiger partial charge in [0.05, 0.1) is 0 Å². The summed E-state index contributed by atoms with van der Waals surface area (Å²) in [5.74, 6) is 0. The van der Waals surface area contributed by atoms with E-state index in [0.29, 0.717) is 6.04 Å². The van der Waals surface area contributed by atoms with E-state index in [-0.39, 0.29) is 0 Å². The SMILES string of the molecule is CCNC(C)c1ccc(Sc2cc(C)cc(C)n2)c(Br)c1. The minimum Gasteiger partial charge on any atom is -0.310 e. The number of benzene rings is 1. The number of hydrogen-bond donors (Lipinski definition) is 1. The number of nitrogens with one attached hydrogen (secondary N) is 1. The fourth-order valence-corrected chi connectivity index (χ4v) is 3.85. The Morgan fingerprint density at radius 1 is 1.24 bits per heavy atom. The maximum atomic E-state index is 4.59. The van der Waals surface area contributed by atoms with E-state index in [1.54, 1.807) is 11.8 Å². The third kappa shape index (κ3) is 4.56. The quantitative estimate of drug-likeness (QED) is 0.780. The predicted molar refractivity (Wildman–Crippen MR) is 94.1 cm³/mol. The van der Waals surface area contributed by atoms with E-state index < -0.39 is 0 Å². The van der Waals surface area contributed by atoms with Crippen LogP contribution in [0.4, 0.5) is 0 Å². The molecule has 1 unspecified atom stereocenters. The highest BCUT2D eigenvalue weighted by atomic mass is 79.9. The number of rotatable bonds is 5. The zero-order valence-corrected chi connectivity index (χ0v) is 15.3. The lowest BCUT2D eigenvalue weighted by molar-refractivity contribution is 0.597. The minimum absolute atomic E-state index is 0.365. The maximum Gasteiger partial charge on any atom is 0.101 e. The number of hydrogen-bond acceptors (Lipinski definition) is 3. The van der Waals surface area contributed by atoms with Gasteiger partial charge >= 0.3 is 0 Å². The van der Waals surface area contributed by atoms with Crippen molar-refractivity contribution in [3.05, 3.63) is 51.6 Å². The van der Waals surface area contributed by atoms with Crippen LogP contribution in [0.3, 0.4) is 0 Å². The molecule has 1 N–H and O–H groups in total. The van der Waals surface area contributed by atoms with Crippen molar-refractivity contribution in [1.82, 2.24) is 10.3 Å². The zero-order valence-electron chi connectivity index (χ0n) is 12.9. The van der Waals surface area contributed by atoms with Gasteiger partial charge in [0.2, 0.25) is 0 Å². The molecule has 1 heterocycles. The average Bonchev–Trinajstić information content (AvgIpc) is 2.40. The van der Waals surface area contributed by atoms with Gasteiger partial charge in [0.15, 0.2) is 0 Å². The third-order valence-electron chi connectivity index (χ3n) is 3.26. The molecule has 0 aliphatic carbocycles. The molecule has 21 heavy (non-hydrogen) atoms. The van der Waals surface area contributed by atoms with Crippen molar-refractivity contribution >= 4 is 27.7 Å². The molecule has 0 saturated carbocycles. The fraction of sp³-hybridized carbons (Fsp3) is 0.353. The number of aryl methyl sites for hydroxylation is 2. The summed E-state index contributed by atoms with van der Waals surface area (Å²) < 4.78 is 1.12. The van der Waals surface area contributed by atoms with Gasteiger partial charge < -0.3 is 5.32 Å². The van der Waals surface area contributed by atoms with Crippen molar-refractivity contribution in [2.24, 2.45) is 0 Å². The Morgan fingerprint density at radius 3 is 2.62 bits per heavy atom. The molecule has 0 spiro atoms. The molecule has 2 nitrogen and oxygen atoms in total. The molecule has 0 amide bonds. The standard InChI is InChI=1S/C17H21BrN2S/c1-5-19-13(4)14-6-7-16(15(18)10-14)21-17-9-11(2)8-12(3)20-17/h6-10,13,19H,5H2,1-4H3. The molecule has 0 saturated heterocycles. The van der Waals surface area contributed by atoms with Crippen LogP contribution in [0.25, 0.3) is 0 Å². The second kappa shape index (κ2) is 7.43. The van der Waals surface area contributed by atoms with Crippen molar-refractivity contribution in [3.8, 4) is 0 Å². The number of halogens is 1.